The number of hydrogen-bond donors (Lipinski definition) is 2. The summed E-state index contributed by atoms with van der Waals surface area (Å²) in [6, 6.07) is 3.21. The van der Waals surface area contributed by atoms with E-state index in [1.54, 1.807) is 32.9 Å². The number of β-amino-alcohol motifs (C(OH)–C–C–N with tert-alkyl or cyclic N) is 1. The molecule has 1 aromatic rings. The van der Waals surface area contributed by atoms with Gasteiger partial charge in [0.2, 0.25) is 0 Å². The fourth-order valence-corrected chi connectivity index (χ4v) is 2.62. The highest BCUT2D eigenvalue weighted by Gasteiger charge is 2.23. The third-order valence-corrected chi connectivity index (χ3v) is 3.49. The minimum Gasteiger partial charge on any atom is -0.478 e. The van der Waals surface area contributed by atoms with Crippen molar-refractivity contribution in [3.63, 3.8) is 0 Å². The smallest absolute Gasteiger partial charge is 0.335 e. The first-order chi connectivity index (χ1) is 9.74. The molecule has 1 fully saturated rings. The number of pyridine rings is 1. The Kier molecular flexibility index (Phi) is 4.49. The van der Waals surface area contributed by atoms with Crippen LogP contribution in [0.5, 0.6) is 0 Å². The fourth-order valence-electron chi connectivity index (χ4n) is 2.62. The van der Waals surface area contributed by atoms with Crippen molar-refractivity contribution in [2.24, 2.45) is 0 Å². The third-order valence-electron chi connectivity index (χ3n) is 3.49. The molecule has 2 heterocycles. The van der Waals surface area contributed by atoms with Gasteiger partial charge in [0.25, 0.3) is 0 Å². The van der Waals surface area contributed by atoms with E-state index in [1.807, 2.05) is 0 Å². The van der Waals surface area contributed by atoms with Crippen LogP contribution in [0.25, 0.3) is 0 Å². The summed E-state index contributed by atoms with van der Waals surface area (Å²) >= 11 is 0. The second-order valence-corrected chi connectivity index (χ2v) is 6.24. The summed E-state index contributed by atoms with van der Waals surface area (Å²) in [6.45, 7) is 9.30. The molecule has 6 heteroatoms. The highest BCUT2D eigenvalue weighted by molar-refractivity contribution is 5.88. The molecule has 0 aliphatic carbocycles. The molecule has 1 aliphatic heterocycles. The molecule has 0 amide bonds. The van der Waals surface area contributed by atoms with Crippen molar-refractivity contribution in [1.29, 1.82) is 0 Å². The summed E-state index contributed by atoms with van der Waals surface area (Å²) in [5.41, 5.74) is 0.292. The molecule has 0 unspecified atom stereocenters. The minimum atomic E-state index is -0.928. The van der Waals surface area contributed by atoms with E-state index in [4.69, 9.17) is 5.11 Å². The molecule has 2 N–H and O–H groups in total. The van der Waals surface area contributed by atoms with Crippen molar-refractivity contribution < 1.29 is 15.0 Å². The topological polar surface area (TPSA) is 76.9 Å². The predicted molar refractivity (Wildman–Crippen MR) is 80.9 cm³/mol. The van der Waals surface area contributed by atoms with Gasteiger partial charge < -0.3 is 15.1 Å². The van der Waals surface area contributed by atoms with Gasteiger partial charge in [-0.05, 0) is 32.9 Å². The van der Waals surface area contributed by atoms with Gasteiger partial charge in [-0.1, -0.05) is 0 Å². The molecule has 1 aliphatic rings. The van der Waals surface area contributed by atoms with Gasteiger partial charge in [0, 0.05) is 38.4 Å². The number of carbonyl (C=O) groups is 1. The Balaban J connectivity index is 2.04. The molecule has 0 aromatic carbocycles. The lowest BCUT2D eigenvalue weighted by Crippen LogP contribution is -2.50. The molecular weight excluding hydrogens is 270 g/mol. The Morgan fingerprint density at radius 3 is 2.43 bits per heavy atom. The average molecular weight is 293 g/mol. The molecule has 0 bridgehead atoms. The van der Waals surface area contributed by atoms with Crippen LogP contribution in [-0.4, -0.2) is 64.4 Å². The number of carboxylic acids is 1. The quantitative estimate of drug-likeness (QED) is 0.862. The summed E-state index contributed by atoms with van der Waals surface area (Å²) in [4.78, 5) is 19.9. The van der Waals surface area contributed by atoms with Gasteiger partial charge in [-0.25, -0.2) is 9.78 Å². The Morgan fingerprint density at radius 2 is 1.90 bits per heavy atom. The number of piperazine rings is 1. The van der Waals surface area contributed by atoms with Crippen molar-refractivity contribution in [3.05, 3.63) is 23.4 Å². The number of anilines is 1. The number of aromatic carboxylic acids is 1. The monoisotopic (exact) mass is 293 g/mol. The van der Waals surface area contributed by atoms with Crippen LogP contribution < -0.4 is 4.90 Å². The van der Waals surface area contributed by atoms with Gasteiger partial charge in [0.05, 0.1) is 11.2 Å². The van der Waals surface area contributed by atoms with Crippen LogP contribution in [0.15, 0.2) is 12.1 Å². The normalized spacial score (nSPS) is 17.0. The first kappa shape index (κ1) is 15.7. The highest BCUT2D eigenvalue weighted by Crippen LogP contribution is 2.18. The number of aryl methyl sites for hydroxylation is 1. The first-order valence-corrected chi connectivity index (χ1v) is 7.16. The zero-order valence-electron chi connectivity index (χ0n) is 12.8. The lowest BCUT2D eigenvalue weighted by atomic mass is 10.1. The van der Waals surface area contributed by atoms with Crippen LogP contribution in [0, 0.1) is 6.92 Å². The number of rotatable bonds is 4. The standard InChI is InChI=1S/C15H23N3O3/c1-11-8-12(14(19)20)9-13(16-11)18-6-4-17(5-7-18)10-15(2,3)21/h8-9,21H,4-7,10H2,1-3H3,(H,19,20). The lowest BCUT2D eigenvalue weighted by Gasteiger charge is -2.37. The maximum Gasteiger partial charge on any atom is 0.335 e. The second kappa shape index (κ2) is 5.99. The van der Waals surface area contributed by atoms with E-state index in [9.17, 15) is 9.90 Å². The lowest BCUT2D eigenvalue weighted by molar-refractivity contribution is 0.0344. The second-order valence-electron chi connectivity index (χ2n) is 6.24. The zero-order valence-corrected chi connectivity index (χ0v) is 12.8. The van der Waals surface area contributed by atoms with E-state index in [1.165, 1.54) is 0 Å². The third kappa shape index (κ3) is 4.41. The number of aliphatic hydroxyl groups is 1. The molecule has 1 saturated heterocycles. The van der Waals surface area contributed by atoms with Gasteiger partial charge in [-0.2, -0.15) is 0 Å². The van der Waals surface area contributed by atoms with Gasteiger partial charge in [0.15, 0.2) is 0 Å². The average Bonchev–Trinajstić information content (AvgIpc) is 2.37. The summed E-state index contributed by atoms with van der Waals surface area (Å²) in [5.74, 6) is -0.210. The van der Waals surface area contributed by atoms with Crippen molar-refractivity contribution in [3.8, 4) is 0 Å². The number of aromatic nitrogens is 1. The van der Waals surface area contributed by atoms with Crippen LogP contribution in [0.3, 0.4) is 0 Å². The molecule has 1 aromatic heterocycles. The van der Waals surface area contributed by atoms with Crippen molar-refractivity contribution >= 4 is 11.8 Å². The van der Waals surface area contributed by atoms with Gasteiger partial charge >= 0.3 is 5.97 Å². The molecule has 21 heavy (non-hydrogen) atoms. The van der Waals surface area contributed by atoms with Gasteiger partial charge in [0.1, 0.15) is 5.82 Å². The van der Waals surface area contributed by atoms with Crippen LogP contribution in [0.4, 0.5) is 5.82 Å². The van der Waals surface area contributed by atoms with E-state index in [0.29, 0.717) is 12.2 Å². The molecule has 2 rings (SSSR count). The Morgan fingerprint density at radius 1 is 1.29 bits per heavy atom. The Hall–Kier alpha value is -1.66. The Labute approximate surface area is 125 Å². The minimum absolute atomic E-state index is 0.274. The summed E-state index contributed by atoms with van der Waals surface area (Å²) < 4.78 is 0. The van der Waals surface area contributed by atoms with E-state index in [-0.39, 0.29) is 5.56 Å². The van der Waals surface area contributed by atoms with Crippen molar-refractivity contribution in [1.82, 2.24) is 9.88 Å². The van der Waals surface area contributed by atoms with E-state index < -0.39 is 11.6 Å². The van der Waals surface area contributed by atoms with Gasteiger partial charge in [-0.15, -0.1) is 0 Å². The number of carboxylic acid groups (broad SMARTS) is 1. The Bertz CT molecular complexity index is 517. The SMILES string of the molecule is Cc1cc(C(=O)O)cc(N2CCN(CC(C)(C)O)CC2)n1. The number of hydrogen-bond acceptors (Lipinski definition) is 5. The predicted octanol–water partition coefficient (Wildman–Crippen LogP) is 0.981. The van der Waals surface area contributed by atoms with E-state index >= 15 is 0 Å². The zero-order chi connectivity index (χ0) is 15.6. The van der Waals surface area contributed by atoms with Crippen molar-refractivity contribution in [2.45, 2.75) is 26.4 Å². The number of nitrogens with zero attached hydrogens (tertiary/aromatic N) is 3. The molecular formula is C15H23N3O3. The summed E-state index contributed by atoms with van der Waals surface area (Å²) in [7, 11) is 0. The highest BCUT2D eigenvalue weighted by atomic mass is 16.4. The molecule has 6 nitrogen and oxygen atoms in total. The van der Waals surface area contributed by atoms with Crippen LogP contribution in [0.1, 0.15) is 29.9 Å². The van der Waals surface area contributed by atoms with E-state index in [0.717, 1.165) is 32.0 Å². The maximum absolute atomic E-state index is 11.1. The van der Waals surface area contributed by atoms with Crippen LogP contribution >= 0.6 is 0 Å². The van der Waals surface area contributed by atoms with E-state index in [2.05, 4.69) is 14.8 Å². The molecule has 0 radical (unpaired) electrons. The van der Waals surface area contributed by atoms with Crippen molar-refractivity contribution in [2.75, 3.05) is 37.6 Å². The van der Waals surface area contributed by atoms with Crippen LogP contribution in [0.2, 0.25) is 0 Å². The van der Waals surface area contributed by atoms with Gasteiger partial charge in [-0.3, -0.25) is 4.90 Å². The van der Waals surface area contributed by atoms with Crippen LogP contribution in [-0.2, 0) is 0 Å². The first-order valence-electron chi connectivity index (χ1n) is 7.16. The molecule has 0 saturated carbocycles. The largest absolute Gasteiger partial charge is 0.478 e. The fraction of sp³-hybridized carbons (Fsp3) is 0.600. The molecule has 116 valence electrons. The summed E-state index contributed by atoms with van der Waals surface area (Å²) in [5, 5.41) is 19.0. The summed E-state index contributed by atoms with van der Waals surface area (Å²) in [6.07, 6.45) is 0. The maximum atomic E-state index is 11.1. The molecule has 0 atom stereocenters. The molecule has 0 spiro atoms.